The van der Waals surface area contributed by atoms with Crippen LogP contribution < -0.4 is 15.4 Å². The highest BCUT2D eigenvalue weighted by Gasteiger charge is 2.13. The van der Waals surface area contributed by atoms with Crippen LogP contribution in [0.2, 0.25) is 0 Å². The number of carbonyl (C=O) groups is 1. The van der Waals surface area contributed by atoms with Crippen LogP contribution in [0.5, 0.6) is 11.5 Å². The van der Waals surface area contributed by atoms with Crippen LogP contribution in [-0.4, -0.2) is 32.7 Å². The topological polar surface area (TPSA) is 59.6 Å². The minimum absolute atomic E-state index is 0. The molecular formula is C19H24ClFN2O3. The number of amides is 1. The number of ether oxygens (including phenoxy) is 2. The van der Waals surface area contributed by atoms with Gasteiger partial charge in [-0.3, -0.25) is 4.79 Å². The second-order valence-electron chi connectivity index (χ2n) is 5.56. The molecule has 2 rings (SSSR count). The van der Waals surface area contributed by atoms with E-state index in [2.05, 4.69) is 10.6 Å². The molecule has 26 heavy (non-hydrogen) atoms. The highest BCUT2D eigenvalue weighted by Crippen LogP contribution is 2.26. The molecule has 1 unspecified atom stereocenters. The average molecular weight is 383 g/mol. The van der Waals surface area contributed by atoms with Crippen molar-refractivity contribution in [2.75, 3.05) is 26.8 Å². The molecule has 2 N–H and O–H groups in total. The van der Waals surface area contributed by atoms with Crippen molar-refractivity contribution in [3.05, 3.63) is 59.9 Å². The Morgan fingerprint density at radius 2 is 1.92 bits per heavy atom. The first-order chi connectivity index (χ1) is 12.1. The number of methoxy groups -OCH3 is 1. The molecule has 0 heterocycles. The Morgan fingerprint density at radius 3 is 2.58 bits per heavy atom. The Labute approximate surface area is 159 Å². The van der Waals surface area contributed by atoms with Gasteiger partial charge in [-0.1, -0.05) is 24.3 Å². The number of carbonyl (C=O) groups excluding carboxylic acids is 1. The summed E-state index contributed by atoms with van der Waals surface area (Å²) in [5.41, 5.74) is 0.670. The maximum Gasteiger partial charge on any atom is 0.234 e. The third-order valence-electron chi connectivity index (χ3n) is 3.57. The Bertz CT molecular complexity index is 686. The smallest absolute Gasteiger partial charge is 0.234 e. The highest BCUT2D eigenvalue weighted by atomic mass is 35.5. The van der Waals surface area contributed by atoms with Gasteiger partial charge in [-0.2, -0.15) is 0 Å². The lowest BCUT2D eigenvalue weighted by atomic mass is 10.1. The van der Waals surface area contributed by atoms with Crippen LogP contribution in [0.1, 0.15) is 18.5 Å². The zero-order valence-corrected chi connectivity index (χ0v) is 15.6. The maximum absolute atomic E-state index is 14.3. The number of halogens is 2. The maximum atomic E-state index is 14.3. The van der Waals surface area contributed by atoms with E-state index < -0.39 is 5.82 Å². The molecule has 0 saturated heterocycles. The van der Waals surface area contributed by atoms with Gasteiger partial charge in [-0.05, 0) is 36.8 Å². The molecule has 0 aliphatic carbocycles. The van der Waals surface area contributed by atoms with Crippen LogP contribution in [0, 0.1) is 5.82 Å². The van der Waals surface area contributed by atoms with Crippen LogP contribution >= 0.6 is 12.4 Å². The summed E-state index contributed by atoms with van der Waals surface area (Å²) in [5.74, 6) is 0.0849. The van der Waals surface area contributed by atoms with Gasteiger partial charge in [0, 0.05) is 13.7 Å². The SMILES string of the molecule is COCCNCC(=O)NC(C)c1ccc(Oc2ccccc2)c(F)c1.Cl. The number of nitrogens with one attached hydrogen (secondary N) is 2. The van der Waals surface area contributed by atoms with Gasteiger partial charge in [-0.25, -0.2) is 4.39 Å². The number of hydrogen-bond acceptors (Lipinski definition) is 4. The van der Waals surface area contributed by atoms with Crippen molar-refractivity contribution >= 4 is 18.3 Å². The van der Waals surface area contributed by atoms with Crippen LogP contribution in [0.25, 0.3) is 0 Å². The zero-order chi connectivity index (χ0) is 18.1. The van der Waals surface area contributed by atoms with Gasteiger partial charge in [0.15, 0.2) is 11.6 Å². The van der Waals surface area contributed by atoms with Gasteiger partial charge < -0.3 is 20.1 Å². The fraction of sp³-hybridized carbons (Fsp3) is 0.316. The lowest BCUT2D eigenvalue weighted by Gasteiger charge is -2.16. The van der Waals surface area contributed by atoms with Crippen molar-refractivity contribution in [3.63, 3.8) is 0 Å². The largest absolute Gasteiger partial charge is 0.454 e. The quantitative estimate of drug-likeness (QED) is 0.652. The zero-order valence-electron chi connectivity index (χ0n) is 14.8. The summed E-state index contributed by atoms with van der Waals surface area (Å²) < 4.78 is 24.7. The molecule has 2 aromatic rings. The first kappa shape index (κ1) is 21.9. The molecule has 0 saturated carbocycles. The summed E-state index contributed by atoms with van der Waals surface area (Å²) in [5, 5.41) is 5.78. The summed E-state index contributed by atoms with van der Waals surface area (Å²) in [4.78, 5) is 11.9. The lowest BCUT2D eigenvalue weighted by molar-refractivity contribution is -0.120. The monoisotopic (exact) mass is 382 g/mol. The molecule has 2 aromatic carbocycles. The van der Waals surface area contributed by atoms with Gasteiger partial charge in [0.1, 0.15) is 5.75 Å². The van der Waals surface area contributed by atoms with Gasteiger partial charge >= 0.3 is 0 Å². The standard InChI is InChI=1S/C19H23FN2O3.ClH/c1-14(22-19(23)13-21-10-11-24-2)15-8-9-18(17(20)12-15)25-16-6-4-3-5-7-16;/h3-9,12,14,21H,10-11,13H2,1-2H3,(H,22,23);1H. The lowest BCUT2D eigenvalue weighted by Crippen LogP contribution is -2.36. The summed E-state index contributed by atoms with van der Waals surface area (Å²) in [6, 6.07) is 13.4. The molecule has 142 valence electrons. The van der Waals surface area contributed by atoms with Gasteiger partial charge in [-0.15, -0.1) is 12.4 Å². The first-order valence-corrected chi connectivity index (χ1v) is 8.11. The van der Waals surface area contributed by atoms with Gasteiger partial charge in [0.05, 0.1) is 19.2 Å². The van der Waals surface area contributed by atoms with Crippen molar-refractivity contribution in [3.8, 4) is 11.5 Å². The average Bonchev–Trinajstić information content (AvgIpc) is 2.61. The van der Waals surface area contributed by atoms with Crippen LogP contribution in [0.15, 0.2) is 48.5 Å². The summed E-state index contributed by atoms with van der Waals surface area (Å²) in [6.07, 6.45) is 0. The van der Waals surface area contributed by atoms with Crippen molar-refractivity contribution in [1.29, 1.82) is 0 Å². The minimum atomic E-state index is -0.472. The normalized spacial score (nSPS) is 11.3. The van der Waals surface area contributed by atoms with Gasteiger partial charge in [0.25, 0.3) is 0 Å². The molecule has 0 spiro atoms. The molecule has 0 aromatic heterocycles. The molecule has 0 bridgehead atoms. The van der Waals surface area contributed by atoms with Crippen LogP contribution in [-0.2, 0) is 9.53 Å². The van der Waals surface area contributed by atoms with Crippen LogP contribution in [0.4, 0.5) is 4.39 Å². The Morgan fingerprint density at radius 1 is 1.19 bits per heavy atom. The molecule has 1 atom stereocenters. The summed E-state index contributed by atoms with van der Waals surface area (Å²) in [6.45, 7) is 3.13. The van der Waals surface area contributed by atoms with Gasteiger partial charge in [0.2, 0.25) is 5.91 Å². The molecule has 0 aliphatic heterocycles. The minimum Gasteiger partial charge on any atom is -0.454 e. The second kappa shape index (κ2) is 11.5. The van der Waals surface area contributed by atoms with Crippen molar-refractivity contribution in [2.45, 2.75) is 13.0 Å². The summed E-state index contributed by atoms with van der Waals surface area (Å²) >= 11 is 0. The molecule has 5 nitrogen and oxygen atoms in total. The Hall–Kier alpha value is -2.15. The fourth-order valence-corrected chi connectivity index (χ4v) is 2.24. The van der Waals surface area contributed by atoms with E-state index in [1.165, 1.54) is 6.07 Å². The molecule has 0 aliphatic rings. The van der Waals surface area contributed by atoms with E-state index in [1.807, 2.05) is 18.2 Å². The van der Waals surface area contributed by atoms with Crippen LogP contribution in [0.3, 0.4) is 0 Å². The van der Waals surface area contributed by atoms with E-state index in [9.17, 15) is 9.18 Å². The molecule has 0 radical (unpaired) electrons. The second-order valence-corrected chi connectivity index (χ2v) is 5.56. The Balaban J connectivity index is 0.00000338. The summed E-state index contributed by atoms with van der Waals surface area (Å²) in [7, 11) is 1.60. The van der Waals surface area contributed by atoms with E-state index in [0.29, 0.717) is 24.5 Å². The molecule has 0 fully saturated rings. The van der Waals surface area contributed by atoms with E-state index in [0.717, 1.165) is 0 Å². The van der Waals surface area contributed by atoms with Crippen molar-refractivity contribution in [1.82, 2.24) is 10.6 Å². The highest BCUT2D eigenvalue weighted by molar-refractivity contribution is 5.85. The third-order valence-corrected chi connectivity index (χ3v) is 3.57. The molecule has 7 heteroatoms. The van der Waals surface area contributed by atoms with E-state index in [4.69, 9.17) is 9.47 Å². The number of para-hydroxylation sites is 1. The third kappa shape index (κ3) is 7.00. The first-order valence-electron chi connectivity index (χ1n) is 8.11. The predicted octanol–water partition coefficient (Wildman–Crippen LogP) is 3.45. The molecular weight excluding hydrogens is 359 g/mol. The van der Waals surface area contributed by atoms with E-state index in [-0.39, 0.29) is 36.7 Å². The van der Waals surface area contributed by atoms with E-state index >= 15 is 0 Å². The predicted molar refractivity (Wildman–Crippen MR) is 101 cm³/mol. The number of hydrogen-bond donors (Lipinski definition) is 2. The van der Waals surface area contributed by atoms with E-state index in [1.54, 1.807) is 38.3 Å². The number of benzene rings is 2. The molecule has 1 amide bonds. The fourth-order valence-electron chi connectivity index (χ4n) is 2.24. The number of rotatable bonds is 9. The Kier molecular flexibility index (Phi) is 9.65. The van der Waals surface area contributed by atoms with Crippen molar-refractivity contribution < 1.29 is 18.7 Å². The van der Waals surface area contributed by atoms with Crippen molar-refractivity contribution in [2.24, 2.45) is 0 Å².